The maximum atomic E-state index is 11.2. The van der Waals surface area contributed by atoms with E-state index in [9.17, 15) is 15.2 Å². The van der Waals surface area contributed by atoms with Crippen LogP contribution in [0.15, 0.2) is 0 Å². The minimum atomic E-state index is -1.04. The number of aliphatic hydroxyl groups is 1. The summed E-state index contributed by atoms with van der Waals surface area (Å²) in [6.45, 7) is 8.71. The highest BCUT2D eigenvalue weighted by Crippen LogP contribution is 2.33. The fraction of sp³-hybridized carbons (Fsp3) is 0.750. The highest BCUT2D eigenvalue weighted by atomic mass is 16.6. The van der Waals surface area contributed by atoms with Gasteiger partial charge in [-0.3, -0.25) is 10.1 Å². The normalized spacial score (nSPS) is 12.6. The molecule has 0 saturated carbocycles. The molecule has 0 aromatic carbocycles. The minimum absolute atomic E-state index is 0.0256. The van der Waals surface area contributed by atoms with Gasteiger partial charge in [0.1, 0.15) is 5.69 Å². The Hall–Kier alpha value is -1.63. The van der Waals surface area contributed by atoms with Gasteiger partial charge in [0.25, 0.3) is 0 Å². The molecule has 0 bridgehead atoms. The molecule has 1 aromatic heterocycles. The second-order valence-electron chi connectivity index (χ2n) is 5.69. The molecule has 0 aliphatic rings. The van der Waals surface area contributed by atoms with Gasteiger partial charge in [0.05, 0.1) is 16.1 Å². The average molecular weight is 270 g/mol. The van der Waals surface area contributed by atoms with E-state index in [0.29, 0.717) is 17.9 Å². The van der Waals surface area contributed by atoms with E-state index in [-0.39, 0.29) is 5.69 Å². The van der Waals surface area contributed by atoms with Gasteiger partial charge >= 0.3 is 5.69 Å². The van der Waals surface area contributed by atoms with Crippen LogP contribution in [0, 0.1) is 10.1 Å². The monoisotopic (exact) mass is 270 g/mol. The molecule has 1 rings (SSSR count). The Balaban J connectivity index is 3.29. The van der Waals surface area contributed by atoms with Crippen LogP contribution in [-0.2, 0) is 13.5 Å². The number of rotatable bonds is 5. The SMILES string of the molecule is CCc1nn(C)c(NC(C)(C)C(C)(C)O)c1[N+](=O)[O-]. The molecule has 0 saturated heterocycles. The summed E-state index contributed by atoms with van der Waals surface area (Å²) < 4.78 is 1.45. The molecule has 0 fully saturated rings. The van der Waals surface area contributed by atoms with Crippen LogP contribution >= 0.6 is 0 Å². The van der Waals surface area contributed by atoms with Gasteiger partial charge in [-0.15, -0.1) is 0 Å². The molecular weight excluding hydrogens is 248 g/mol. The second-order valence-corrected chi connectivity index (χ2v) is 5.69. The lowest BCUT2D eigenvalue weighted by Crippen LogP contribution is -2.51. The van der Waals surface area contributed by atoms with Crippen LogP contribution in [0.2, 0.25) is 0 Å². The van der Waals surface area contributed by atoms with Crippen molar-refractivity contribution in [1.29, 1.82) is 0 Å². The number of aryl methyl sites for hydroxylation is 2. The molecule has 0 radical (unpaired) electrons. The van der Waals surface area contributed by atoms with Gasteiger partial charge in [0, 0.05) is 7.05 Å². The third-order valence-corrected chi connectivity index (χ3v) is 3.57. The fourth-order valence-corrected chi connectivity index (χ4v) is 1.59. The maximum absolute atomic E-state index is 11.2. The second kappa shape index (κ2) is 4.80. The molecule has 0 unspecified atom stereocenters. The molecule has 0 aliphatic heterocycles. The third-order valence-electron chi connectivity index (χ3n) is 3.57. The fourth-order valence-electron chi connectivity index (χ4n) is 1.59. The van der Waals surface area contributed by atoms with E-state index in [1.807, 2.05) is 6.92 Å². The first-order chi connectivity index (χ1) is 8.51. The molecule has 7 heteroatoms. The van der Waals surface area contributed by atoms with Crippen LogP contribution < -0.4 is 5.32 Å². The summed E-state index contributed by atoms with van der Waals surface area (Å²) >= 11 is 0. The summed E-state index contributed by atoms with van der Waals surface area (Å²) in [4.78, 5) is 10.8. The smallest absolute Gasteiger partial charge is 0.333 e. The van der Waals surface area contributed by atoms with E-state index < -0.39 is 16.1 Å². The number of aromatic nitrogens is 2. The average Bonchev–Trinajstić information content (AvgIpc) is 2.53. The summed E-state index contributed by atoms with van der Waals surface area (Å²) in [5.74, 6) is 0.314. The van der Waals surface area contributed by atoms with Crippen LogP contribution in [0.3, 0.4) is 0 Å². The van der Waals surface area contributed by atoms with E-state index >= 15 is 0 Å². The molecule has 0 spiro atoms. The number of hydrogen-bond acceptors (Lipinski definition) is 5. The number of nitro groups is 1. The van der Waals surface area contributed by atoms with Gasteiger partial charge < -0.3 is 10.4 Å². The summed E-state index contributed by atoms with van der Waals surface area (Å²) in [5.41, 5.74) is -1.38. The van der Waals surface area contributed by atoms with Crippen molar-refractivity contribution in [1.82, 2.24) is 9.78 Å². The first-order valence-corrected chi connectivity index (χ1v) is 6.22. The predicted molar refractivity (Wildman–Crippen MR) is 73.2 cm³/mol. The topological polar surface area (TPSA) is 93.2 Å². The molecule has 7 nitrogen and oxygen atoms in total. The number of anilines is 1. The highest BCUT2D eigenvalue weighted by molar-refractivity contribution is 5.61. The zero-order valence-corrected chi connectivity index (χ0v) is 12.3. The van der Waals surface area contributed by atoms with Crippen molar-refractivity contribution in [3.05, 3.63) is 15.8 Å². The molecule has 0 aliphatic carbocycles. The van der Waals surface area contributed by atoms with Crippen molar-refractivity contribution in [2.24, 2.45) is 7.05 Å². The van der Waals surface area contributed by atoms with Crippen LogP contribution in [-0.4, -0.2) is 31.0 Å². The van der Waals surface area contributed by atoms with Gasteiger partial charge in [-0.05, 0) is 34.1 Å². The molecule has 1 heterocycles. The summed E-state index contributed by atoms with van der Waals surface area (Å²) in [7, 11) is 1.65. The van der Waals surface area contributed by atoms with Gasteiger partial charge in [-0.2, -0.15) is 5.10 Å². The Morgan fingerprint density at radius 2 is 1.95 bits per heavy atom. The van der Waals surface area contributed by atoms with Gasteiger partial charge in [-0.25, -0.2) is 4.68 Å². The summed E-state index contributed by atoms with van der Waals surface area (Å²) in [5, 5.41) is 28.5. The lowest BCUT2D eigenvalue weighted by molar-refractivity contribution is -0.384. The highest BCUT2D eigenvalue weighted by Gasteiger charge is 2.38. The molecule has 108 valence electrons. The Labute approximate surface area is 112 Å². The number of nitrogens with one attached hydrogen (secondary N) is 1. The van der Waals surface area contributed by atoms with Crippen LogP contribution in [0.1, 0.15) is 40.3 Å². The number of nitrogens with zero attached hydrogens (tertiary/aromatic N) is 3. The van der Waals surface area contributed by atoms with E-state index in [1.165, 1.54) is 4.68 Å². The summed E-state index contributed by atoms with van der Waals surface area (Å²) in [6, 6.07) is 0. The molecule has 0 atom stereocenters. The predicted octanol–water partition coefficient (Wildman–Crippen LogP) is 1.85. The lowest BCUT2D eigenvalue weighted by atomic mass is 9.86. The van der Waals surface area contributed by atoms with Crippen molar-refractivity contribution >= 4 is 11.5 Å². The Morgan fingerprint density at radius 3 is 2.32 bits per heavy atom. The van der Waals surface area contributed by atoms with Gasteiger partial charge in [0.2, 0.25) is 5.82 Å². The standard InChI is InChI=1S/C12H22N4O3/c1-7-8-9(16(18)19)10(15(6)14-8)13-11(2,3)12(4,5)17/h13,17H,7H2,1-6H3. The molecular formula is C12H22N4O3. The first kappa shape index (κ1) is 15.4. The van der Waals surface area contributed by atoms with Crippen molar-refractivity contribution in [2.45, 2.75) is 52.2 Å². The Bertz CT molecular complexity index is 486. The van der Waals surface area contributed by atoms with Crippen molar-refractivity contribution in [2.75, 3.05) is 5.32 Å². The zero-order valence-electron chi connectivity index (χ0n) is 12.3. The molecule has 0 amide bonds. The Kier molecular flexibility index (Phi) is 3.90. The Morgan fingerprint density at radius 1 is 1.42 bits per heavy atom. The molecule has 1 aromatic rings. The van der Waals surface area contributed by atoms with E-state index in [4.69, 9.17) is 0 Å². The zero-order chi connectivity index (χ0) is 15.0. The quantitative estimate of drug-likeness (QED) is 0.629. The van der Waals surface area contributed by atoms with Gasteiger partial charge in [0.15, 0.2) is 0 Å². The number of hydrogen-bond donors (Lipinski definition) is 2. The van der Waals surface area contributed by atoms with Crippen molar-refractivity contribution in [3.63, 3.8) is 0 Å². The van der Waals surface area contributed by atoms with E-state index in [1.54, 1.807) is 34.7 Å². The maximum Gasteiger partial charge on any atom is 0.333 e. The van der Waals surface area contributed by atoms with E-state index in [2.05, 4.69) is 10.4 Å². The largest absolute Gasteiger partial charge is 0.388 e. The first-order valence-electron chi connectivity index (χ1n) is 6.22. The molecule has 19 heavy (non-hydrogen) atoms. The van der Waals surface area contributed by atoms with Crippen LogP contribution in [0.5, 0.6) is 0 Å². The lowest BCUT2D eigenvalue weighted by Gasteiger charge is -2.38. The van der Waals surface area contributed by atoms with Crippen molar-refractivity contribution < 1.29 is 10.0 Å². The van der Waals surface area contributed by atoms with E-state index in [0.717, 1.165) is 0 Å². The minimum Gasteiger partial charge on any atom is -0.388 e. The van der Waals surface area contributed by atoms with Crippen LogP contribution in [0.25, 0.3) is 0 Å². The third kappa shape index (κ3) is 2.86. The van der Waals surface area contributed by atoms with Crippen molar-refractivity contribution in [3.8, 4) is 0 Å². The molecule has 2 N–H and O–H groups in total. The summed E-state index contributed by atoms with van der Waals surface area (Å²) in [6.07, 6.45) is 0.481. The van der Waals surface area contributed by atoms with Crippen LogP contribution in [0.4, 0.5) is 11.5 Å². The van der Waals surface area contributed by atoms with Gasteiger partial charge in [-0.1, -0.05) is 6.92 Å².